The normalized spacial score (nSPS) is 14.7. The summed E-state index contributed by atoms with van der Waals surface area (Å²) in [4.78, 5) is 54.7. The molecule has 4 rings (SSSR count). The van der Waals surface area contributed by atoms with E-state index in [1.54, 1.807) is 42.2 Å². The van der Waals surface area contributed by atoms with Gasteiger partial charge in [-0.25, -0.2) is 13.8 Å². The molecule has 176 valence electrons. The van der Waals surface area contributed by atoms with Crippen LogP contribution in [-0.4, -0.2) is 62.1 Å². The number of nitrogens with zero attached hydrogens (tertiary/aromatic N) is 5. The van der Waals surface area contributed by atoms with E-state index < -0.39 is 34.7 Å². The summed E-state index contributed by atoms with van der Waals surface area (Å²) in [6.45, 7) is 4.18. The summed E-state index contributed by atoms with van der Waals surface area (Å²) in [5.41, 5.74) is -1.70. The van der Waals surface area contributed by atoms with Crippen molar-refractivity contribution >= 4 is 11.8 Å². The summed E-state index contributed by atoms with van der Waals surface area (Å²) in [6.07, 6.45) is 0. The molecule has 0 aliphatic carbocycles. The quantitative estimate of drug-likeness (QED) is 0.581. The van der Waals surface area contributed by atoms with Crippen molar-refractivity contribution in [1.82, 2.24) is 24.1 Å². The van der Waals surface area contributed by atoms with Gasteiger partial charge in [-0.1, -0.05) is 42.5 Å². The first-order valence-electron chi connectivity index (χ1n) is 10.9. The lowest BCUT2D eigenvalue weighted by Gasteiger charge is -2.34. The van der Waals surface area contributed by atoms with Gasteiger partial charge in [-0.15, -0.1) is 0 Å². The Morgan fingerprint density at radius 3 is 2.12 bits per heavy atom. The van der Waals surface area contributed by atoms with Crippen molar-refractivity contribution in [2.24, 2.45) is 0 Å². The molecule has 0 spiro atoms. The molecule has 2 heterocycles. The number of carbonyl (C=O) groups excluding carboxylic acids is 2. The number of benzene rings is 2. The summed E-state index contributed by atoms with van der Waals surface area (Å²) in [7, 11) is 0. The van der Waals surface area contributed by atoms with E-state index >= 15 is 0 Å². The van der Waals surface area contributed by atoms with Crippen molar-refractivity contribution in [3.63, 3.8) is 0 Å². The van der Waals surface area contributed by atoms with E-state index in [4.69, 9.17) is 0 Å². The number of rotatable bonds is 4. The minimum absolute atomic E-state index is 0.0997. The van der Waals surface area contributed by atoms with E-state index in [1.807, 2.05) is 0 Å². The molecular formula is C24H24FN5O4. The second-order valence-electron chi connectivity index (χ2n) is 8.05. The van der Waals surface area contributed by atoms with Crippen LogP contribution in [0.3, 0.4) is 0 Å². The smallest absolute Gasteiger partial charge is 0.339 e. The van der Waals surface area contributed by atoms with Crippen molar-refractivity contribution in [1.29, 1.82) is 0 Å². The van der Waals surface area contributed by atoms with Crippen molar-refractivity contribution < 1.29 is 14.0 Å². The first kappa shape index (κ1) is 23.1. The van der Waals surface area contributed by atoms with E-state index in [0.717, 1.165) is 9.25 Å². The van der Waals surface area contributed by atoms with Crippen molar-refractivity contribution in [2.45, 2.75) is 19.9 Å². The van der Waals surface area contributed by atoms with Crippen LogP contribution in [0, 0.1) is 5.82 Å². The van der Waals surface area contributed by atoms with Gasteiger partial charge in [0.15, 0.2) is 0 Å². The average Bonchev–Trinajstić information content (AvgIpc) is 2.85. The molecule has 2 amide bonds. The third-order valence-corrected chi connectivity index (χ3v) is 5.97. The minimum Gasteiger partial charge on any atom is -0.339 e. The maximum Gasteiger partial charge on any atom is 0.352 e. The summed E-state index contributed by atoms with van der Waals surface area (Å²) in [5.74, 6) is -1.49. The molecule has 1 aliphatic heterocycles. The molecule has 0 N–H and O–H groups in total. The first-order chi connectivity index (χ1) is 16.3. The molecule has 0 saturated carbocycles. The Labute approximate surface area is 194 Å². The number of amides is 2. The molecule has 2 aromatic carbocycles. The van der Waals surface area contributed by atoms with Gasteiger partial charge in [0.25, 0.3) is 11.5 Å². The molecule has 0 radical (unpaired) electrons. The Morgan fingerprint density at radius 1 is 0.912 bits per heavy atom. The first-order valence-corrected chi connectivity index (χ1v) is 10.9. The van der Waals surface area contributed by atoms with Crippen molar-refractivity contribution in [3.05, 3.63) is 92.5 Å². The monoisotopic (exact) mass is 465 g/mol. The molecule has 3 aromatic rings. The van der Waals surface area contributed by atoms with E-state index in [0.29, 0.717) is 18.7 Å². The van der Waals surface area contributed by atoms with Crippen LogP contribution in [0.2, 0.25) is 0 Å². The van der Waals surface area contributed by atoms with Crippen LogP contribution in [0.4, 0.5) is 4.39 Å². The van der Waals surface area contributed by atoms with E-state index in [2.05, 4.69) is 5.10 Å². The van der Waals surface area contributed by atoms with Gasteiger partial charge in [0.05, 0.1) is 6.04 Å². The summed E-state index contributed by atoms with van der Waals surface area (Å²) in [5, 5.41) is 4.03. The largest absolute Gasteiger partial charge is 0.352 e. The predicted octanol–water partition coefficient (Wildman–Crippen LogP) is 1.45. The Morgan fingerprint density at radius 2 is 1.50 bits per heavy atom. The standard InChI is InChI=1S/C24H24FN5O4/c1-16(18-8-4-3-5-9-18)29-23(33)21(22(32)28-14-12-27(13-15-28)17(2)31)26-30(24(29)34)20-11-7-6-10-19(20)25/h3-11,16H,12-15H2,1-2H3. The van der Waals surface area contributed by atoms with Gasteiger partial charge in [-0.2, -0.15) is 9.78 Å². The number of hydrogen-bond donors (Lipinski definition) is 0. The molecule has 1 aromatic heterocycles. The molecule has 1 saturated heterocycles. The highest BCUT2D eigenvalue weighted by atomic mass is 19.1. The third-order valence-electron chi connectivity index (χ3n) is 5.97. The lowest BCUT2D eigenvalue weighted by Crippen LogP contribution is -2.53. The highest BCUT2D eigenvalue weighted by Crippen LogP contribution is 2.16. The Bertz CT molecular complexity index is 1340. The maximum absolute atomic E-state index is 14.6. The number of aromatic nitrogens is 3. The number of carbonyl (C=O) groups is 2. The molecule has 9 nitrogen and oxygen atoms in total. The van der Waals surface area contributed by atoms with Crippen LogP contribution in [0.15, 0.2) is 64.2 Å². The molecule has 1 aliphatic rings. The number of para-hydroxylation sites is 1. The van der Waals surface area contributed by atoms with Crippen LogP contribution >= 0.6 is 0 Å². The van der Waals surface area contributed by atoms with Crippen LogP contribution < -0.4 is 11.2 Å². The summed E-state index contributed by atoms with van der Waals surface area (Å²) >= 11 is 0. The highest BCUT2D eigenvalue weighted by molar-refractivity contribution is 5.92. The Kier molecular flexibility index (Phi) is 6.40. The fourth-order valence-electron chi connectivity index (χ4n) is 4.00. The number of piperazine rings is 1. The fourth-order valence-corrected chi connectivity index (χ4v) is 4.00. The number of halogens is 1. The average molecular weight is 465 g/mol. The Hall–Kier alpha value is -4.08. The second-order valence-corrected chi connectivity index (χ2v) is 8.05. The number of hydrogen-bond acceptors (Lipinski definition) is 5. The fraction of sp³-hybridized carbons (Fsp3) is 0.292. The zero-order valence-corrected chi connectivity index (χ0v) is 18.8. The van der Waals surface area contributed by atoms with Gasteiger partial charge < -0.3 is 9.80 Å². The second kappa shape index (κ2) is 9.42. The highest BCUT2D eigenvalue weighted by Gasteiger charge is 2.30. The van der Waals surface area contributed by atoms with Gasteiger partial charge in [-0.05, 0) is 24.6 Å². The van der Waals surface area contributed by atoms with Gasteiger partial charge in [0.1, 0.15) is 11.5 Å². The van der Waals surface area contributed by atoms with Crippen LogP contribution in [0.25, 0.3) is 5.69 Å². The van der Waals surface area contributed by atoms with Gasteiger partial charge >= 0.3 is 5.69 Å². The maximum atomic E-state index is 14.6. The van der Waals surface area contributed by atoms with Crippen LogP contribution in [-0.2, 0) is 4.79 Å². The molecule has 1 atom stereocenters. The zero-order chi connectivity index (χ0) is 24.4. The van der Waals surface area contributed by atoms with Crippen LogP contribution in [0.5, 0.6) is 0 Å². The molecule has 0 bridgehead atoms. The minimum atomic E-state index is -0.857. The van der Waals surface area contributed by atoms with Gasteiger partial charge in [-0.3, -0.25) is 14.4 Å². The zero-order valence-electron chi connectivity index (χ0n) is 18.8. The Balaban J connectivity index is 1.85. The van der Waals surface area contributed by atoms with E-state index in [9.17, 15) is 23.6 Å². The van der Waals surface area contributed by atoms with Gasteiger partial charge in [0.2, 0.25) is 11.6 Å². The topological polar surface area (TPSA) is 97.5 Å². The summed E-state index contributed by atoms with van der Waals surface area (Å²) in [6, 6.07) is 13.6. The molecule has 34 heavy (non-hydrogen) atoms. The summed E-state index contributed by atoms with van der Waals surface area (Å²) < 4.78 is 16.3. The third kappa shape index (κ3) is 4.26. The van der Waals surface area contributed by atoms with Crippen LogP contribution in [0.1, 0.15) is 35.9 Å². The molecular weight excluding hydrogens is 441 g/mol. The lowest BCUT2D eigenvalue weighted by atomic mass is 10.1. The predicted molar refractivity (Wildman–Crippen MR) is 122 cm³/mol. The lowest BCUT2D eigenvalue weighted by molar-refractivity contribution is -0.130. The molecule has 1 unspecified atom stereocenters. The van der Waals surface area contributed by atoms with Crippen molar-refractivity contribution in [2.75, 3.05) is 26.2 Å². The molecule has 1 fully saturated rings. The van der Waals surface area contributed by atoms with Gasteiger partial charge in [0, 0.05) is 33.1 Å². The van der Waals surface area contributed by atoms with Crippen molar-refractivity contribution in [3.8, 4) is 5.69 Å². The molecule has 10 heteroatoms. The SMILES string of the molecule is CC(=O)N1CCN(C(=O)c2nn(-c3ccccc3F)c(=O)n(C(C)c3ccccc3)c2=O)CC1. The van der Waals surface area contributed by atoms with E-state index in [-0.39, 0.29) is 24.7 Å². The van der Waals surface area contributed by atoms with E-state index in [1.165, 1.54) is 36.1 Å².